The lowest BCUT2D eigenvalue weighted by Crippen LogP contribution is -2.21. The summed E-state index contributed by atoms with van der Waals surface area (Å²) in [5.74, 6) is 0.381. The summed E-state index contributed by atoms with van der Waals surface area (Å²) in [7, 11) is 1.61. The lowest BCUT2D eigenvalue weighted by Gasteiger charge is -2.06. The second kappa shape index (κ2) is 3.61. The lowest BCUT2D eigenvalue weighted by atomic mass is 10.1. The number of nitrogens with zero attached hydrogens (tertiary/aromatic N) is 1. The van der Waals surface area contributed by atoms with Gasteiger partial charge in [0.05, 0.1) is 6.42 Å². The van der Waals surface area contributed by atoms with Gasteiger partial charge < -0.3 is 16.4 Å². The van der Waals surface area contributed by atoms with E-state index in [-0.39, 0.29) is 5.91 Å². The van der Waals surface area contributed by atoms with Crippen molar-refractivity contribution in [2.24, 2.45) is 10.7 Å². The first-order chi connectivity index (χ1) is 7.19. The van der Waals surface area contributed by atoms with Crippen molar-refractivity contribution in [1.29, 1.82) is 0 Å². The zero-order chi connectivity index (χ0) is 10.8. The van der Waals surface area contributed by atoms with E-state index in [1.54, 1.807) is 7.05 Å². The molecule has 0 bridgehead atoms. The fourth-order valence-electron chi connectivity index (χ4n) is 1.51. The number of carbonyl (C=O) groups excluding carboxylic acids is 1. The Bertz CT molecular complexity index is 439. The molecule has 5 heteroatoms. The molecule has 5 nitrogen and oxygen atoms in total. The van der Waals surface area contributed by atoms with Gasteiger partial charge in [0.1, 0.15) is 0 Å². The maximum absolute atomic E-state index is 11.1. The molecule has 0 unspecified atom stereocenters. The number of carbonyl (C=O) groups is 1. The first-order valence-corrected chi connectivity index (χ1v) is 4.61. The van der Waals surface area contributed by atoms with Gasteiger partial charge in [-0.2, -0.15) is 0 Å². The molecule has 0 saturated heterocycles. The Morgan fingerprint density at radius 1 is 1.60 bits per heavy atom. The van der Waals surface area contributed by atoms with E-state index in [0.29, 0.717) is 12.4 Å². The number of nitrogens with two attached hydrogens (primary N) is 1. The van der Waals surface area contributed by atoms with Crippen molar-refractivity contribution in [2.45, 2.75) is 6.42 Å². The van der Waals surface area contributed by atoms with Crippen LogP contribution in [0.15, 0.2) is 23.2 Å². The first-order valence-electron chi connectivity index (χ1n) is 4.61. The van der Waals surface area contributed by atoms with Crippen molar-refractivity contribution in [3.8, 4) is 0 Å². The number of benzene rings is 1. The molecule has 78 valence electrons. The number of aliphatic imine (C=N–C) groups is 1. The maximum atomic E-state index is 11.1. The average molecular weight is 204 g/mol. The normalized spacial score (nSPS) is 14.7. The predicted molar refractivity (Wildman–Crippen MR) is 59.9 cm³/mol. The second-order valence-corrected chi connectivity index (χ2v) is 3.33. The summed E-state index contributed by atoms with van der Waals surface area (Å²) >= 11 is 0. The standard InChI is InChI=1S/C10H12N4O/c1-12-10(11)13-7-2-3-8-6(4-7)5-9(15)14-8/h2-4H,5H2,1H3,(H,14,15)(H3,11,12,13). The summed E-state index contributed by atoms with van der Waals surface area (Å²) in [5, 5.41) is 5.69. The molecule has 1 heterocycles. The van der Waals surface area contributed by atoms with Crippen molar-refractivity contribution in [3.05, 3.63) is 23.8 Å². The van der Waals surface area contributed by atoms with E-state index in [4.69, 9.17) is 5.73 Å². The fourth-order valence-corrected chi connectivity index (χ4v) is 1.51. The highest BCUT2D eigenvalue weighted by Crippen LogP contribution is 2.25. The molecule has 0 spiro atoms. The molecule has 0 saturated carbocycles. The molecule has 0 fully saturated rings. The molecule has 2 rings (SSSR count). The molecule has 15 heavy (non-hydrogen) atoms. The highest BCUT2D eigenvalue weighted by Gasteiger charge is 2.17. The second-order valence-electron chi connectivity index (χ2n) is 3.33. The van der Waals surface area contributed by atoms with Crippen molar-refractivity contribution >= 4 is 23.2 Å². The third kappa shape index (κ3) is 1.90. The summed E-state index contributed by atoms with van der Waals surface area (Å²) in [4.78, 5) is 14.9. The summed E-state index contributed by atoms with van der Waals surface area (Å²) < 4.78 is 0. The zero-order valence-electron chi connectivity index (χ0n) is 8.37. The smallest absolute Gasteiger partial charge is 0.228 e. The molecule has 1 amide bonds. The van der Waals surface area contributed by atoms with E-state index >= 15 is 0 Å². The summed E-state index contributed by atoms with van der Waals surface area (Å²) in [6, 6.07) is 5.60. The number of rotatable bonds is 1. The van der Waals surface area contributed by atoms with E-state index in [1.165, 1.54) is 0 Å². The number of hydrogen-bond donors (Lipinski definition) is 3. The Morgan fingerprint density at radius 2 is 2.40 bits per heavy atom. The number of fused-ring (bicyclic) bond motifs is 1. The van der Waals surface area contributed by atoms with Gasteiger partial charge in [0.15, 0.2) is 5.96 Å². The third-order valence-corrected chi connectivity index (χ3v) is 2.24. The SMILES string of the molecule is CN=C(N)Nc1ccc2c(c1)CC(=O)N2. The van der Waals surface area contributed by atoms with Gasteiger partial charge in [0.2, 0.25) is 5.91 Å². The molecule has 0 aliphatic carbocycles. The predicted octanol–water partition coefficient (Wildman–Crippen LogP) is 0.538. The van der Waals surface area contributed by atoms with E-state index < -0.39 is 0 Å². The molecule has 0 radical (unpaired) electrons. The topological polar surface area (TPSA) is 79.5 Å². The van der Waals surface area contributed by atoms with E-state index in [9.17, 15) is 4.79 Å². The Labute approximate surface area is 87.4 Å². The number of guanidine groups is 1. The number of amides is 1. The largest absolute Gasteiger partial charge is 0.370 e. The van der Waals surface area contributed by atoms with Crippen LogP contribution in [0.2, 0.25) is 0 Å². The van der Waals surface area contributed by atoms with E-state index in [1.807, 2.05) is 18.2 Å². The first kappa shape index (κ1) is 9.51. The quantitative estimate of drug-likeness (QED) is 0.461. The van der Waals surface area contributed by atoms with Gasteiger partial charge in [-0.3, -0.25) is 9.79 Å². The van der Waals surface area contributed by atoms with Crippen LogP contribution < -0.4 is 16.4 Å². The van der Waals surface area contributed by atoms with Crippen molar-refractivity contribution in [3.63, 3.8) is 0 Å². The van der Waals surface area contributed by atoms with Crippen molar-refractivity contribution in [1.82, 2.24) is 0 Å². The molecule has 1 aromatic rings. The van der Waals surface area contributed by atoms with Gasteiger partial charge in [-0.25, -0.2) is 0 Å². The highest BCUT2D eigenvalue weighted by molar-refractivity contribution is 6.00. The minimum Gasteiger partial charge on any atom is -0.370 e. The minimum atomic E-state index is 0.0271. The lowest BCUT2D eigenvalue weighted by molar-refractivity contribution is -0.115. The van der Waals surface area contributed by atoms with Crippen molar-refractivity contribution < 1.29 is 4.79 Å². The van der Waals surface area contributed by atoms with Crippen LogP contribution in [0.4, 0.5) is 11.4 Å². The zero-order valence-corrected chi connectivity index (χ0v) is 8.37. The molecule has 0 atom stereocenters. The number of nitrogens with one attached hydrogen (secondary N) is 2. The summed E-state index contributed by atoms with van der Waals surface area (Å²) in [5.41, 5.74) is 8.23. The third-order valence-electron chi connectivity index (χ3n) is 2.24. The molecular weight excluding hydrogens is 192 g/mol. The molecular formula is C10H12N4O. The summed E-state index contributed by atoms with van der Waals surface area (Å²) in [6.07, 6.45) is 0.425. The molecule has 1 aromatic carbocycles. The van der Waals surface area contributed by atoms with Crippen LogP contribution in [-0.2, 0) is 11.2 Å². The van der Waals surface area contributed by atoms with Gasteiger partial charge in [-0.1, -0.05) is 0 Å². The Kier molecular flexibility index (Phi) is 2.29. The van der Waals surface area contributed by atoms with Gasteiger partial charge >= 0.3 is 0 Å². The number of anilines is 2. The molecule has 0 aromatic heterocycles. The van der Waals surface area contributed by atoms with Crippen LogP contribution in [-0.4, -0.2) is 18.9 Å². The molecule has 4 N–H and O–H groups in total. The van der Waals surface area contributed by atoms with Gasteiger partial charge in [0.25, 0.3) is 0 Å². The van der Waals surface area contributed by atoms with Crippen LogP contribution in [0.1, 0.15) is 5.56 Å². The Hall–Kier alpha value is -2.04. The van der Waals surface area contributed by atoms with Crippen LogP contribution in [0.25, 0.3) is 0 Å². The average Bonchev–Trinajstić information content (AvgIpc) is 2.57. The van der Waals surface area contributed by atoms with Gasteiger partial charge in [-0.05, 0) is 23.8 Å². The van der Waals surface area contributed by atoms with Crippen LogP contribution in [0, 0.1) is 0 Å². The van der Waals surface area contributed by atoms with Gasteiger partial charge in [0, 0.05) is 18.4 Å². The monoisotopic (exact) mass is 204 g/mol. The van der Waals surface area contributed by atoms with E-state index in [2.05, 4.69) is 15.6 Å². The van der Waals surface area contributed by atoms with Gasteiger partial charge in [-0.15, -0.1) is 0 Å². The van der Waals surface area contributed by atoms with E-state index in [0.717, 1.165) is 16.9 Å². The highest BCUT2D eigenvalue weighted by atomic mass is 16.1. The molecule has 1 aliphatic heterocycles. The minimum absolute atomic E-state index is 0.0271. The van der Waals surface area contributed by atoms with Crippen LogP contribution in [0.3, 0.4) is 0 Å². The fraction of sp³-hybridized carbons (Fsp3) is 0.200. The Balaban J connectivity index is 2.23. The van der Waals surface area contributed by atoms with Crippen LogP contribution in [0.5, 0.6) is 0 Å². The maximum Gasteiger partial charge on any atom is 0.228 e. The molecule has 1 aliphatic rings. The summed E-state index contributed by atoms with van der Waals surface area (Å²) in [6.45, 7) is 0. The van der Waals surface area contributed by atoms with Crippen molar-refractivity contribution in [2.75, 3.05) is 17.7 Å². The number of hydrogen-bond acceptors (Lipinski definition) is 2. The van der Waals surface area contributed by atoms with Crippen LogP contribution >= 0.6 is 0 Å². The Morgan fingerprint density at radius 3 is 3.13 bits per heavy atom.